The van der Waals surface area contributed by atoms with E-state index in [9.17, 15) is 0 Å². The van der Waals surface area contributed by atoms with E-state index >= 15 is 0 Å². The number of aromatic nitrogens is 1. The summed E-state index contributed by atoms with van der Waals surface area (Å²) in [5, 5.41) is 8.66. The summed E-state index contributed by atoms with van der Waals surface area (Å²) in [6.45, 7) is 3.59. The molecule has 5 heteroatoms. The SMILES string of the molecule is CN=C(NCc1ccccn1)NCc1sccc1C. The number of hydrogen-bond donors (Lipinski definition) is 2. The highest BCUT2D eigenvalue weighted by atomic mass is 32.1. The number of hydrogen-bond acceptors (Lipinski definition) is 3. The van der Waals surface area contributed by atoms with Crippen LogP contribution in [0.15, 0.2) is 40.8 Å². The van der Waals surface area contributed by atoms with Gasteiger partial charge in [0.2, 0.25) is 0 Å². The second kappa shape index (κ2) is 6.89. The van der Waals surface area contributed by atoms with Crippen molar-refractivity contribution < 1.29 is 0 Å². The zero-order valence-electron chi connectivity index (χ0n) is 11.2. The van der Waals surface area contributed by atoms with Crippen molar-refractivity contribution in [3.05, 3.63) is 52.0 Å². The van der Waals surface area contributed by atoms with Crippen LogP contribution in [-0.4, -0.2) is 18.0 Å². The fourth-order valence-electron chi connectivity index (χ4n) is 1.65. The van der Waals surface area contributed by atoms with E-state index in [0.29, 0.717) is 6.54 Å². The fourth-order valence-corrected chi connectivity index (χ4v) is 2.49. The van der Waals surface area contributed by atoms with Crippen LogP contribution in [0.5, 0.6) is 0 Å². The molecule has 19 heavy (non-hydrogen) atoms. The molecular weight excluding hydrogens is 256 g/mol. The molecule has 0 aromatic carbocycles. The first kappa shape index (κ1) is 13.5. The van der Waals surface area contributed by atoms with Gasteiger partial charge in [-0.1, -0.05) is 6.07 Å². The quantitative estimate of drug-likeness (QED) is 0.664. The largest absolute Gasteiger partial charge is 0.352 e. The molecule has 0 saturated carbocycles. The van der Waals surface area contributed by atoms with Crippen LogP contribution in [0.2, 0.25) is 0 Å². The first-order valence-electron chi connectivity index (χ1n) is 6.17. The molecule has 0 fully saturated rings. The van der Waals surface area contributed by atoms with Gasteiger partial charge in [-0.3, -0.25) is 9.98 Å². The Morgan fingerprint density at radius 1 is 1.26 bits per heavy atom. The van der Waals surface area contributed by atoms with Crippen LogP contribution >= 0.6 is 11.3 Å². The van der Waals surface area contributed by atoms with Crippen LogP contribution in [-0.2, 0) is 13.1 Å². The zero-order chi connectivity index (χ0) is 13.5. The molecule has 0 aliphatic heterocycles. The summed E-state index contributed by atoms with van der Waals surface area (Å²) in [5.74, 6) is 0.790. The van der Waals surface area contributed by atoms with Gasteiger partial charge in [0, 0.05) is 18.1 Å². The molecule has 2 N–H and O–H groups in total. The molecule has 0 atom stereocenters. The van der Waals surface area contributed by atoms with Gasteiger partial charge in [-0.2, -0.15) is 0 Å². The number of aliphatic imine (C=N–C) groups is 1. The van der Waals surface area contributed by atoms with Gasteiger partial charge < -0.3 is 10.6 Å². The topological polar surface area (TPSA) is 49.3 Å². The van der Waals surface area contributed by atoms with Crippen LogP contribution in [0.25, 0.3) is 0 Å². The molecule has 100 valence electrons. The Hall–Kier alpha value is -1.88. The highest BCUT2D eigenvalue weighted by molar-refractivity contribution is 7.10. The Bertz CT molecular complexity index is 533. The van der Waals surface area contributed by atoms with Crippen LogP contribution < -0.4 is 10.6 Å². The molecule has 0 unspecified atom stereocenters. The number of guanidine groups is 1. The second-order valence-corrected chi connectivity index (χ2v) is 5.13. The highest BCUT2D eigenvalue weighted by Crippen LogP contribution is 2.14. The van der Waals surface area contributed by atoms with Gasteiger partial charge in [0.1, 0.15) is 0 Å². The molecule has 4 nitrogen and oxygen atoms in total. The van der Waals surface area contributed by atoms with Gasteiger partial charge in [-0.05, 0) is 36.1 Å². The minimum absolute atomic E-state index is 0.671. The van der Waals surface area contributed by atoms with Crippen molar-refractivity contribution in [1.29, 1.82) is 0 Å². The van der Waals surface area contributed by atoms with E-state index in [1.807, 2.05) is 18.2 Å². The summed E-state index contributed by atoms with van der Waals surface area (Å²) in [6, 6.07) is 8.01. The first-order chi connectivity index (χ1) is 9.29. The molecule has 0 spiro atoms. The van der Waals surface area contributed by atoms with E-state index in [1.54, 1.807) is 24.6 Å². The summed E-state index contributed by atoms with van der Waals surface area (Å²) in [6.07, 6.45) is 1.79. The molecule has 0 amide bonds. The van der Waals surface area contributed by atoms with Crippen LogP contribution in [0.3, 0.4) is 0 Å². The summed E-state index contributed by atoms with van der Waals surface area (Å²) >= 11 is 1.76. The van der Waals surface area contributed by atoms with Crippen molar-refractivity contribution in [1.82, 2.24) is 15.6 Å². The van der Waals surface area contributed by atoms with Crippen molar-refractivity contribution in [3.8, 4) is 0 Å². The molecule has 0 radical (unpaired) electrons. The lowest BCUT2D eigenvalue weighted by Gasteiger charge is -2.11. The van der Waals surface area contributed by atoms with E-state index in [-0.39, 0.29) is 0 Å². The number of nitrogens with one attached hydrogen (secondary N) is 2. The Balaban J connectivity index is 1.83. The van der Waals surface area contributed by atoms with Gasteiger partial charge in [0.15, 0.2) is 5.96 Å². The third-order valence-electron chi connectivity index (χ3n) is 2.77. The molecule has 0 saturated heterocycles. The van der Waals surface area contributed by atoms with Gasteiger partial charge in [-0.25, -0.2) is 0 Å². The zero-order valence-corrected chi connectivity index (χ0v) is 12.0. The number of aryl methyl sites for hydroxylation is 1. The first-order valence-corrected chi connectivity index (χ1v) is 7.05. The summed E-state index contributed by atoms with van der Waals surface area (Å²) in [7, 11) is 1.77. The highest BCUT2D eigenvalue weighted by Gasteiger charge is 2.02. The number of rotatable bonds is 4. The molecule has 0 bridgehead atoms. The lowest BCUT2D eigenvalue weighted by molar-refractivity contribution is 0.798. The Kier molecular flexibility index (Phi) is 4.92. The van der Waals surface area contributed by atoms with E-state index in [1.165, 1.54) is 10.4 Å². The van der Waals surface area contributed by atoms with E-state index in [4.69, 9.17) is 0 Å². The van der Waals surface area contributed by atoms with Crippen LogP contribution in [0.4, 0.5) is 0 Å². The number of nitrogens with zero attached hydrogens (tertiary/aromatic N) is 2. The Morgan fingerprint density at radius 2 is 2.11 bits per heavy atom. The smallest absolute Gasteiger partial charge is 0.191 e. The van der Waals surface area contributed by atoms with Crippen molar-refractivity contribution in [2.45, 2.75) is 20.0 Å². The maximum Gasteiger partial charge on any atom is 0.191 e. The molecule has 0 aliphatic rings. The monoisotopic (exact) mass is 274 g/mol. The van der Waals surface area contributed by atoms with E-state index in [2.05, 4.69) is 39.0 Å². The molecule has 2 aromatic rings. The number of thiophene rings is 1. The van der Waals surface area contributed by atoms with Crippen molar-refractivity contribution >= 4 is 17.3 Å². The van der Waals surface area contributed by atoms with Crippen LogP contribution in [0.1, 0.15) is 16.1 Å². The molecule has 0 aliphatic carbocycles. The summed E-state index contributed by atoms with van der Waals surface area (Å²) in [5.41, 5.74) is 2.32. The minimum Gasteiger partial charge on any atom is -0.352 e. The Morgan fingerprint density at radius 3 is 2.74 bits per heavy atom. The van der Waals surface area contributed by atoms with Gasteiger partial charge in [0.05, 0.1) is 18.8 Å². The fraction of sp³-hybridized carbons (Fsp3) is 0.286. The van der Waals surface area contributed by atoms with E-state index in [0.717, 1.165) is 18.2 Å². The van der Waals surface area contributed by atoms with Crippen molar-refractivity contribution in [2.75, 3.05) is 7.05 Å². The normalized spacial score (nSPS) is 11.4. The van der Waals surface area contributed by atoms with Gasteiger partial charge in [0.25, 0.3) is 0 Å². The van der Waals surface area contributed by atoms with Gasteiger partial charge >= 0.3 is 0 Å². The minimum atomic E-state index is 0.671. The van der Waals surface area contributed by atoms with E-state index < -0.39 is 0 Å². The number of pyridine rings is 1. The standard InChI is InChI=1S/C14H18N4S/c1-11-6-8-19-13(11)10-18-14(15-2)17-9-12-5-3-4-7-16-12/h3-8H,9-10H2,1-2H3,(H2,15,17,18). The lowest BCUT2D eigenvalue weighted by atomic mass is 10.3. The maximum atomic E-state index is 4.27. The molecule has 2 aromatic heterocycles. The predicted molar refractivity (Wildman–Crippen MR) is 80.3 cm³/mol. The lowest BCUT2D eigenvalue weighted by Crippen LogP contribution is -2.36. The predicted octanol–water partition coefficient (Wildman–Crippen LogP) is 2.32. The molecule has 2 rings (SSSR count). The maximum absolute atomic E-state index is 4.27. The average molecular weight is 274 g/mol. The van der Waals surface area contributed by atoms with Crippen molar-refractivity contribution in [3.63, 3.8) is 0 Å². The molecular formula is C14H18N4S. The summed E-state index contributed by atoms with van der Waals surface area (Å²) in [4.78, 5) is 9.80. The summed E-state index contributed by atoms with van der Waals surface area (Å²) < 4.78 is 0. The third kappa shape index (κ3) is 4.06. The molecule has 2 heterocycles. The van der Waals surface area contributed by atoms with Gasteiger partial charge in [-0.15, -0.1) is 11.3 Å². The van der Waals surface area contributed by atoms with Crippen LogP contribution in [0, 0.1) is 6.92 Å². The van der Waals surface area contributed by atoms with Crippen molar-refractivity contribution in [2.24, 2.45) is 4.99 Å². The third-order valence-corrected chi connectivity index (χ3v) is 3.79. The Labute approximate surface area is 117 Å². The average Bonchev–Trinajstić information content (AvgIpc) is 2.86. The second-order valence-electron chi connectivity index (χ2n) is 4.13.